The van der Waals surface area contributed by atoms with Crippen LogP contribution in [0.2, 0.25) is 0 Å². The van der Waals surface area contributed by atoms with Gasteiger partial charge in [0.2, 0.25) is 0 Å². The summed E-state index contributed by atoms with van der Waals surface area (Å²) in [5.41, 5.74) is 0. The van der Waals surface area contributed by atoms with Crippen LogP contribution in [0.3, 0.4) is 0 Å². The summed E-state index contributed by atoms with van der Waals surface area (Å²) in [6, 6.07) is 0. The third kappa shape index (κ3) is 52.5. The Bertz CT molecular complexity index is 1090. The number of hydrogen-bond donors (Lipinski definition) is 0. The van der Waals surface area contributed by atoms with Gasteiger partial charge >= 0.3 is 17.9 Å². The molecular weight excluding hydrogens is 805 g/mol. The predicted molar refractivity (Wildman–Crippen MR) is 279 cm³/mol. The average molecular weight is 914 g/mol. The third-order valence-electron chi connectivity index (χ3n) is 12.6. The quantitative estimate of drug-likeness (QED) is 0.0262. The summed E-state index contributed by atoms with van der Waals surface area (Å²) in [6.07, 6.45) is 64.2. The summed E-state index contributed by atoms with van der Waals surface area (Å²) in [5, 5.41) is 0. The van der Waals surface area contributed by atoms with Crippen LogP contribution in [0.25, 0.3) is 0 Å². The molecule has 0 aromatic rings. The van der Waals surface area contributed by atoms with Crippen molar-refractivity contribution in [3.8, 4) is 0 Å². The Kier molecular flexibility index (Phi) is 52.3. The van der Waals surface area contributed by atoms with Gasteiger partial charge in [0, 0.05) is 19.3 Å². The first-order valence-corrected chi connectivity index (χ1v) is 28.5. The molecule has 0 aliphatic rings. The van der Waals surface area contributed by atoms with Gasteiger partial charge < -0.3 is 14.2 Å². The molecule has 380 valence electrons. The fourth-order valence-corrected chi connectivity index (χ4v) is 8.33. The van der Waals surface area contributed by atoms with Crippen molar-refractivity contribution in [2.45, 2.75) is 309 Å². The second-order valence-corrected chi connectivity index (χ2v) is 19.2. The minimum absolute atomic E-state index is 0.0718. The molecule has 1 unspecified atom stereocenters. The van der Waals surface area contributed by atoms with Crippen molar-refractivity contribution in [1.82, 2.24) is 0 Å². The van der Waals surface area contributed by atoms with E-state index in [-0.39, 0.29) is 31.1 Å². The minimum Gasteiger partial charge on any atom is -0.462 e. The Balaban J connectivity index is 4.31. The van der Waals surface area contributed by atoms with Gasteiger partial charge in [0.1, 0.15) is 13.2 Å². The van der Waals surface area contributed by atoms with E-state index in [4.69, 9.17) is 14.2 Å². The highest BCUT2D eigenvalue weighted by Crippen LogP contribution is 2.16. The van der Waals surface area contributed by atoms with E-state index in [0.717, 1.165) is 77.0 Å². The molecule has 0 heterocycles. The molecule has 0 saturated carbocycles. The van der Waals surface area contributed by atoms with E-state index in [2.05, 4.69) is 57.2 Å². The number of unbranched alkanes of at least 4 members (excludes halogenated alkanes) is 35. The summed E-state index contributed by atoms with van der Waals surface area (Å²) < 4.78 is 16.8. The Morgan fingerprint density at radius 1 is 0.308 bits per heavy atom. The van der Waals surface area contributed by atoms with Gasteiger partial charge in [-0.3, -0.25) is 14.4 Å². The van der Waals surface area contributed by atoms with Crippen LogP contribution in [0.5, 0.6) is 0 Å². The molecule has 0 aliphatic carbocycles. The second-order valence-electron chi connectivity index (χ2n) is 19.2. The summed E-state index contributed by atoms with van der Waals surface area (Å²) in [4.78, 5) is 38.1. The predicted octanol–water partition coefficient (Wildman–Crippen LogP) is 18.9. The van der Waals surface area contributed by atoms with Crippen LogP contribution in [0, 0.1) is 0 Å². The van der Waals surface area contributed by atoms with E-state index in [0.29, 0.717) is 19.3 Å². The molecule has 0 spiro atoms. The first-order chi connectivity index (χ1) is 32.0. The number of allylic oxidation sites excluding steroid dienone is 6. The molecule has 65 heavy (non-hydrogen) atoms. The summed E-state index contributed by atoms with van der Waals surface area (Å²) in [5.74, 6) is -0.869. The van der Waals surface area contributed by atoms with Crippen LogP contribution in [-0.2, 0) is 28.6 Å². The largest absolute Gasteiger partial charge is 0.462 e. The van der Waals surface area contributed by atoms with Gasteiger partial charge in [0.15, 0.2) is 6.10 Å². The van der Waals surface area contributed by atoms with Gasteiger partial charge in [-0.15, -0.1) is 0 Å². The van der Waals surface area contributed by atoms with Crippen LogP contribution < -0.4 is 0 Å². The molecule has 6 nitrogen and oxygen atoms in total. The maximum Gasteiger partial charge on any atom is 0.306 e. The van der Waals surface area contributed by atoms with Crippen molar-refractivity contribution < 1.29 is 28.6 Å². The number of carbonyl (C=O) groups excluding carboxylic acids is 3. The van der Waals surface area contributed by atoms with E-state index in [1.165, 1.54) is 186 Å². The molecule has 6 heteroatoms. The first kappa shape index (κ1) is 62.6. The van der Waals surface area contributed by atoms with Crippen LogP contribution in [0.15, 0.2) is 36.5 Å². The standard InChI is InChI=1S/C59H108O6/c1-4-7-10-13-16-19-22-24-26-27-28-29-30-31-33-34-37-40-43-46-49-52-58(61)64-55-56(54-63-57(60)51-48-45-42-39-36-21-18-15-12-9-6-3)65-59(62)53-50-47-44-41-38-35-32-25-23-20-17-14-11-8-5-2/h22,24,27-28,30-31,56H,4-21,23,25-26,29,32-55H2,1-3H3/b24-22-,28-27-,31-30-. The molecule has 0 saturated heterocycles. The van der Waals surface area contributed by atoms with E-state index < -0.39 is 6.10 Å². The Morgan fingerprint density at radius 2 is 0.554 bits per heavy atom. The number of ether oxygens (including phenoxy) is 3. The van der Waals surface area contributed by atoms with Gasteiger partial charge in [-0.1, -0.05) is 263 Å². The summed E-state index contributed by atoms with van der Waals surface area (Å²) in [6.45, 7) is 6.65. The molecule has 0 radical (unpaired) electrons. The van der Waals surface area contributed by atoms with Crippen LogP contribution in [0.1, 0.15) is 303 Å². The molecule has 0 aromatic heterocycles. The molecule has 0 aromatic carbocycles. The molecule has 0 rings (SSSR count). The van der Waals surface area contributed by atoms with E-state index >= 15 is 0 Å². The molecule has 1 atom stereocenters. The second kappa shape index (κ2) is 54.2. The summed E-state index contributed by atoms with van der Waals surface area (Å²) in [7, 11) is 0. The van der Waals surface area contributed by atoms with E-state index in [9.17, 15) is 14.4 Å². The number of rotatable bonds is 52. The number of hydrogen-bond acceptors (Lipinski definition) is 6. The van der Waals surface area contributed by atoms with Crippen molar-refractivity contribution >= 4 is 17.9 Å². The molecule has 0 bridgehead atoms. The van der Waals surface area contributed by atoms with Gasteiger partial charge in [0.05, 0.1) is 0 Å². The van der Waals surface area contributed by atoms with Gasteiger partial charge in [0.25, 0.3) is 0 Å². The highest BCUT2D eigenvalue weighted by atomic mass is 16.6. The monoisotopic (exact) mass is 913 g/mol. The highest BCUT2D eigenvalue weighted by molar-refractivity contribution is 5.71. The topological polar surface area (TPSA) is 78.9 Å². The normalized spacial score (nSPS) is 12.2. The number of esters is 3. The maximum atomic E-state index is 12.8. The Labute approximate surface area is 404 Å². The van der Waals surface area contributed by atoms with Crippen molar-refractivity contribution in [3.63, 3.8) is 0 Å². The zero-order valence-electron chi connectivity index (χ0n) is 43.5. The summed E-state index contributed by atoms with van der Waals surface area (Å²) >= 11 is 0. The Morgan fingerprint density at radius 3 is 0.862 bits per heavy atom. The first-order valence-electron chi connectivity index (χ1n) is 28.5. The zero-order chi connectivity index (χ0) is 47.2. The molecule has 0 N–H and O–H groups in total. The fraction of sp³-hybridized carbons (Fsp3) is 0.847. The molecule has 0 fully saturated rings. The molecular formula is C59H108O6. The average Bonchev–Trinajstić information content (AvgIpc) is 3.30. The van der Waals surface area contributed by atoms with Gasteiger partial charge in [-0.2, -0.15) is 0 Å². The SMILES string of the molecule is CCCCCCC/C=C\C/C=C\C/C=C\CCCCCCCCC(=O)OCC(COC(=O)CCCCCCCCCCCCC)OC(=O)CCCCCCCCCCCCCCCCC. The lowest BCUT2D eigenvalue weighted by molar-refractivity contribution is -0.167. The highest BCUT2D eigenvalue weighted by Gasteiger charge is 2.19. The van der Waals surface area contributed by atoms with Crippen LogP contribution >= 0.6 is 0 Å². The van der Waals surface area contributed by atoms with E-state index in [1.54, 1.807) is 0 Å². The van der Waals surface area contributed by atoms with Gasteiger partial charge in [-0.05, 0) is 57.8 Å². The third-order valence-corrected chi connectivity index (χ3v) is 12.6. The lowest BCUT2D eigenvalue weighted by Crippen LogP contribution is -2.30. The lowest BCUT2D eigenvalue weighted by Gasteiger charge is -2.18. The smallest absolute Gasteiger partial charge is 0.306 e. The van der Waals surface area contributed by atoms with Gasteiger partial charge in [-0.25, -0.2) is 0 Å². The molecule has 0 amide bonds. The van der Waals surface area contributed by atoms with Crippen molar-refractivity contribution in [2.24, 2.45) is 0 Å². The Hall–Kier alpha value is -2.37. The van der Waals surface area contributed by atoms with Crippen molar-refractivity contribution in [1.29, 1.82) is 0 Å². The number of carbonyl (C=O) groups is 3. The van der Waals surface area contributed by atoms with Crippen molar-refractivity contribution in [2.75, 3.05) is 13.2 Å². The minimum atomic E-state index is -0.772. The fourth-order valence-electron chi connectivity index (χ4n) is 8.33. The maximum absolute atomic E-state index is 12.8. The van der Waals surface area contributed by atoms with Crippen LogP contribution in [-0.4, -0.2) is 37.2 Å². The molecule has 0 aliphatic heterocycles. The van der Waals surface area contributed by atoms with Crippen LogP contribution in [0.4, 0.5) is 0 Å². The van der Waals surface area contributed by atoms with E-state index in [1.807, 2.05) is 0 Å². The lowest BCUT2D eigenvalue weighted by atomic mass is 10.0. The zero-order valence-corrected chi connectivity index (χ0v) is 43.5. The van der Waals surface area contributed by atoms with Crippen molar-refractivity contribution in [3.05, 3.63) is 36.5 Å².